The lowest BCUT2D eigenvalue weighted by molar-refractivity contribution is 0.542. The molecular formula is C10H15N7O2S. The normalized spacial score (nSPS) is 11.4. The molecule has 2 rings (SSSR count). The first kappa shape index (κ1) is 14.4. The van der Waals surface area contributed by atoms with Crippen molar-refractivity contribution < 1.29 is 8.42 Å². The van der Waals surface area contributed by atoms with Crippen LogP contribution in [0, 0.1) is 0 Å². The second kappa shape index (κ2) is 6.41. The minimum atomic E-state index is -3.55. The average molecular weight is 297 g/mol. The fourth-order valence-corrected chi connectivity index (χ4v) is 2.53. The van der Waals surface area contributed by atoms with Gasteiger partial charge < -0.3 is 5.43 Å². The summed E-state index contributed by atoms with van der Waals surface area (Å²) < 4.78 is 28.0. The second-order valence-electron chi connectivity index (χ2n) is 3.94. The van der Waals surface area contributed by atoms with Gasteiger partial charge in [-0.2, -0.15) is 0 Å². The Balaban J connectivity index is 1.86. The summed E-state index contributed by atoms with van der Waals surface area (Å²) in [6.07, 6.45) is 5.15. The van der Waals surface area contributed by atoms with Gasteiger partial charge in [0, 0.05) is 25.5 Å². The molecule has 0 fully saturated rings. The predicted octanol–water partition coefficient (Wildman–Crippen LogP) is -0.673. The summed E-state index contributed by atoms with van der Waals surface area (Å²) in [5, 5.41) is 7.45. The molecule has 9 nitrogen and oxygen atoms in total. The van der Waals surface area contributed by atoms with E-state index in [-0.39, 0.29) is 4.90 Å². The number of hydrogen-bond donors (Lipinski definition) is 3. The van der Waals surface area contributed by atoms with Gasteiger partial charge in [-0.25, -0.2) is 24.0 Å². The Morgan fingerprint density at radius 3 is 2.80 bits per heavy atom. The molecule has 0 unspecified atom stereocenters. The fourth-order valence-electron chi connectivity index (χ4n) is 1.51. The van der Waals surface area contributed by atoms with Crippen molar-refractivity contribution in [3.05, 3.63) is 30.7 Å². The molecule has 4 N–H and O–H groups in total. The third-order valence-corrected chi connectivity index (χ3v) is 3.97. The van der Waals surface area contributed by atoms with E-state index in [1.807, 2.05) is 0 Å². The van der Waals surface area contributed by atoms with Crippen LogP contribution in [-0.4, -0.2) is 34.9 Å². The summed E-state index contributed by atoms with van der Waals surface area (Å²) in [7, 11) is -3.55. The van der Waals surface area contributed by atoms with E-state index >= 15 is 0 Å². The lowest BCUT2D eigenvalue weighted by Gasteiger charge is -2.07. The number of aromatic nitrogens is 4. The lowest BCUT2D eigenvalue weighted by Crippen LogP contribution is -2.25. The Bertz CT molecular complexity index is 624. The molecule has 2 heterocycles. The molecule has 0 aliphatic carbocycles. The molecular weight excluding hydrogens is 282 g/mol. The van der Waals surface area contributed by atoms with Crippen molar-refractivity contribution in [2.45, 2.75) is 17.9 Å². The quantitative estimate of drug-likeness (QED) is 0.351. The number of sulfonamides is 1. The number of hydrazine groups is 1. The molecule has 0 atom stereocenters. The smallest absolute Gasteiger partial charge is 0.242 e. The van der Waals surface area contributed by atoms with Crippen LogP contribution in [0.2, 0.25) is 0 Å². The highest BCUT2D eigenvalue weighted by atomic mass is 32.2. The zero-order valence-electron chi connectivity index (χ0n) is 10.6. The van der Waals surface area contributed by atoms with Crippen LogP contribution in [0.15, 0.2) is 35.6 Å². The van der Waals surface area contributed by atoms with E-state index < -0.39 is 10.0 Å². The second-order valence-corrected chi connectivity index (χ2v) is 5.71. The van der Waals surface area contributed by atoms with Gasteiger partial charge in [0.15, 0.2) is 0 Å². The highest BCUT2D eigenvalue weighted by Gasteiger charge is 2.13. The van der Waals surface area contributed by atoms with E-state index in [1.54, 1.807) is 17.1 Å². The van der Waals surface area contributed by atoms with Crippen molar-refractivity contribution in [2.75, 3.05) is 12.0 Å². The van der Waals surface area contributed by atoms with Gasteiger partial charge in [0.05, 0.1) is 6.20 Å². The first-order chi connectivity index (χ1) is 9.62. The SMILES string of the molecule is NNc1ccc(S(=O)(=O)NCCCn2ccnn2)cn1. The molecule has 2 aromatic heterocycles. The summed E-state index contributed by atoms with van der Waals surface area (Å²) in [5.41, 5.74) is 2.33. The molecule has 0 saturated carbocycles. The van der Waals surface area contributed by atoms with Gasteiger partial charge in [0.1, 0.15) is 10.7 Å². The highest BCUT2D eigenvalue weighted by Crippen LogP contribution is 2.09. The summed E-state index contributed by atoms with van der Waals surface area (Å²) in [5.74, 6) is 5.56. The molecule has 0 saturated heterocycles. The topological polar surface area (TPSA) is 128 Å². The monoisotopic (exact) mass is 297 g/mol. The highest BCUT2D eigenvalue weighted by molar-refractivity contribution is 7.89. The van der Waals surface area contributed by atoms with Gasteiger partial charge in [-0.3, -0.25) is 4.68 Å². The Morgan fingerprint density at radius 2 is 2.20 bits per heavy atom. The molecule has 0 bridgehead atoms. The van der Waals surface area contributed by atoms with Crippen LogP contribution in [0.25, 0.3) is 0 Å². The Labute approximate surface area is 116 Å². The van der Waals surface area contributed by atoms with Gasteiger partial charge in [-0.15, -0.1) is 5.10 Å². The van der Waals surface area contributed by atoms with Crippen LogP contribution in [-0.2, 0) is 16.6 Å². The van der Waals surface area contributed by atoms with Gasteiger partial charge in [-0.1, -0.05) is 5.21 Å². The first-order valence-corrected chi connectivity index (χ1v) is 7.36. The number of nitrogen functional groups attached to an aromatic ring is 1. The lowest BCUT2D eigenvalue weighted by atomic mass is 10.4. The summed E-state index contributed by atoms with van der Waals surface area (Å²) in [4.78, 5) is 3.95. The zero-order chi connectivity index (χ0) is 14.4. The molecule has 20 heavy (non-hydrogen) atoms. The third kappa shape index (κ3) is 3.73. The minimum Gasteiger partial charge on any atom is -0.308 e. The summed E-state index contributed by atoms with van der Waals surface area (Å²) in [6.45, 7) is 0.899. The van der Waals surface area contributed by atoms with E-state index in [1.165, 1.54) is 18.3 Å². The summed E-state index contributed by atoms with van der Waals surface area (Å²) >= 11 is 0. The standard InChI is InChI=1S/C10H15N7O2S/c11-15-10-3-2-9(8-12-10)20(18,19)14-4-1-6-17-7-5-13-16-17/h2-3,5,7-8,14H,1,4,6,11H2,(H,12,15). The Hall–Kier alpha value is -2.04. The predicted molar refractivity (Wildman–Crippen MR) is 71.9 cm³/mol. The van der Waals surface area contributed by atoms with Crippen LogP contribution >= 0.6 is 0 Å². The number of pyridine rings is 1. The van der Waals surface area contributed by atoms with Crippen LogP contribution in [0.5, 0.6) is 0 Å². The molecule has 0 aromatic carbocycles. The minimum absolute atomic E-state index is 0.0947. The maximum atomic E-state index is 12.0. The number of rotatable bonds is 7. The number of anilines is 1. The van der Waals surface area contributed by atoms with E-state index in [2.05, 4.69) is 25.4 Å². The van der Waals surface area contributed by atoms with Crippen molar-refractivity contribution in [2.24, 2.45) is 5.84 Å². The maximum Gasteiger partial charge on any atom is 0.242 e. The van der Waals surface area contributed by atoms with Gasteiger partial charge >= 0.3 is 0 Å². The number of aryl methyl sites for hydroxylation is 1. The summed E-state index contributed by atoms with van der Waals surface area (Å²) in [6, 6.07) is 2.92. The molecule has 0 radical (unpaired) electrons. The van der Waals surface area contributed by atoms with E-state index in [0.717, 1.165) is 0 Å². The number of nitrogens with one attached hydrogen (secondary N) is 2. The largest absolute Gasteiger partial charge is 0.308 e. The molecule has 108 valence electrons. The number of nitrogens with zero attached hydrogens (tertiary/aromatic N) is 4. The molecule has 0 spiro atoms. The van der Waals surface area contributed by atoms with Gasteiger partial charge in [0.25, 0.3) is 0 Å². The van der Waals surface area contributed by atoms with Crippen molar-refractivity contribution in [1.29, 1.82) is 0 Å². The van der Waals surface area contributed by atoms with Crippen molar-refractivity contribution >= 4 is 15.8 Å². The average Bonchev–Trinajstić information content (AvgIpc) is 2.97. The Kier molecular flexibility index (Phi) is 4.61. The number of nitrogens with two attached hydrogens (primary N) is 1. The third-order valence-electron chi connectivity index (χ3n) is 2.52. The molecule has 0 aliphatic rings. The first-order valence-electron chi connectivity index (χ1n) is 5.88. The van der Waals surface area contributed by atoms with Crippen LogP contribution in [0.1, 0.15) is 6.42 Å². The molecule has 0 amide bonds. The number of hydrogen-bond acceptors (Lipinski definition) is 7. The van der Waals surface area contributed by atoms with E-state index in [0.29, 0.717) is 25.3 Å². The van der Waals surface area contributed by atoms with Crippen LogP contribution < -0.4 is 16.0 Å². The Morgan fingerprint density at radius 1 is 1.35 bits per heavy atom. The van der Waals surface area contributed by atoms with Crippen molar-refractivity contribution in [3.8, 4) is 0 Å². The maximum absolute atomic E-state index is 12.0. The van der Waals surface area contributed by atoms with Gasteiger partial charge in [0.2, 0.25) is 10.0 Å². The van der Waals surface area contributed by atoms with Crippen molar-refractivity contribution in [3.63, 3.8) is 0 Å². The van der Waals surface area contributed by atoms with Crippen LogP contribution in [0.4, 0.5) is 5.82 Å². The molecule has 2 aromatic rings. The van der Waals surface area contributed by atoms with E-state index in [4.69, 9.17) is 5.84 Å². The van der Waals surface area contributed by atoms with Crippen LogP contribution in [0.3, 0.4) is 0 Å². The van der Waals surface area contributed by atoms with E-state index in [9.17, 15) is 8.42 Å². The fraction of sp³-hybridized carbons (Fsp3) is 0.300. The van der Waals surface area contributed by atoms with Gasteiger partial charge in [-0.05, 0) is 18.6 Å². The molecule has 0 aliphatic heterocycles. The van der Waals surface area contributed by atoms with Crippen molar-refractivity contribution in [1.82, 2.24) is 24.7 Å². The zero-order valence-corrected chi connectivity index (χ0v) is 11.4. The molecule has 10 heteroatoms.